The summed E-state index contributed by atoms with van der Waals surface area (Å²) in [5.41, 5.74) is -2.26. The lowest BCUT2D eigenvalue weighted by Crippen LogP contribution is -2.54. The van der Waals surface area contributed by atoms with Gasteiger partial charge in [-0.2, -0.15) is 0 Å². The molecular formula is C18H35NO5. The highest BCUT2D eigenvalue weighted by molar-refractivity contribution is 5.71. The molecule has 0 amide bonds. The molecular weight excluding hydrogens is 310 g/mol. The molecule has 0 aromatic rings. The zero-order chi connectivity index (χ0) is 18.5. The van der Waals surface area contributed by atoms with Crippen molar-refractivity contribution >= 4 is 5.97 Å². The van der Waals surface area contributed by atoms with Crippen LogP contribution in [0.2, 0.25) is 0 Å². The summed E-state index contributed by atoms with van der Waals surface area (Å²) >= 11 is 0. The molecule has 1 fully saturated rings. The van der Waals surface area contributed by atoms with Crippen molar-refractivity contribution in [3.8, 4) is 0 Å². The van der Waals surface area contributed by atoms with Gasteiger partial charge in [-0.3, -0.25) is 4.79 Å². The van der Waals surface area contributed by atoms with Crippen LogP contribution in [0.25, 0.3) is 0 Å². The van der Waals surface area contributed by atoms with Crippen LogP contribution in [0.4, 0.5) is 0 Å². The van der Waals surface area contributed by atoms with Crippen LogP contribution in [0.15, 0.2) is 0 Å². The molecule has 0 spiro atoms. The summed E-state index contributed by atoms with van der Waals surface area (Å²) in [6.07, 6.45) is 2.44. The normalized spacial score (nSPS) is 42.0. The van der Waals surface area contributed by atoms with Gasteiger partial charge in [0.15, 0.2) is 0 Å². The fraction of sp³-hybridized carbons (Fsp3) is 0.944. The van der Waals surface area contributed by atoms with Gasteiger partial charge < -0.3 is 25.0 Å². The molecule has 142 valence electrons. The van der Waals surface area contributed by atoms with Crippen LogP contribution in [-0.4, -0.2) is 69.7 Å². The first-order valence-corrected chi connectivity index (χ1v) is 8.96. The van der Waals surface area contributed by atoms with E-state index in [1.807, 2.05) is 25.8 Å². The third kappa shape index (κ3) is 6.31. The maximum atomic E-state index is 12.1. The number of cyclic esters (lactones) is 1. The number of hydrogen-bond acceptors (Lipinski definition) is 6. The molecule has 0 radical (unpaired) electrons. The molecule has 1 rings (SSSR count). The summed E-state index contributed by atoms with van der Waals surface area (Å²) in [5.74, 6) is -0.669. The smallest absolute Gasteiger partial charge is 0.308 e. The Morgan fingerprint density at radius 2 is 1.75 bits per heavy atom. The van der Waals surface area contributed by atoms with Gasteiger partial charge in [-0.05, 0) is 66.5 Å². The van der Waals surface area contributed by atoms with Gasteiger partial charge in [0.05, 0.1) is 11.5 Å². The van der Waals surface area contributed by atoms with E-state index in [1.54, 1.807) is 6.92 Å². The number of rotatable bonds is 0. The lowest BCUT2D eigenvalue weighted by atomic mass is 9.91. The summed E-state index contributed by atoms with van der Waals surface area (Å²) in [7, 11) is 1.88. The van der Waals surface area contributed by atoms with Crippen LogP contribution in [0.1, 0.15) is 59.8 Å². The van der Waals surface area contributed by atoms with E-state index in [-0.39, 0.29) is 24.5 Å². The van der Waals surface area contributed by atoms with Crippen LogP contribution in [-0.2, 0) is 9.53 Å². The molecule has 24 heavy (non-hydrogen) atoms. The maximum Gasteiger partial charge on any atom is 0.308 e. The zero-order valence-electron chi connectivity index (χ0n) is 15.8. The van der Waals surface area contributed by atoms with E-state index < -0.39 is 17.3 Å². The summed E-state index contributed by atoms with van der Waals surface area (Å²) in [5, 5.41) is 31.4. The second kappa shape index (κ2) is 8.61. The number of aliphatic hydroxyl groups excluding tert-OH is 1. The highest BCUT2D eigenvalue weighted by Gasteiger charge is 2.38. The Bertz CT molecular complexity index is 410. The first-order chi connectivity index (χ1) is 11.0. The second-order valence-electron chi connectivity index (χ2n) is 8.02. The van der Waals surface area contributed by atoms with Gasteiger partial charge in [0, 0.05) is 6.04 Å². The van der Waals surface area contributed by atoms with Crippen molar-refractivity contribution in [1.82, 2.24) is 4.90 Å². The minimum atomic E-state index is -1.51. The monoisotopic (exact) mass is 345 g/mol. The van der Waals surface area contributed by atoms with Gasteiger partial charge in [-0.15, -0.1) is 0 Å². The Morgan fingerprint density at radius 3 is 2.38 bits per heavy atom. The van der Waals surface area contributed by atoms with E-state index >= 15 is 0 Å². The molecule has 0 aliphatic carbocycles. The molecule has 1 heterocycles. The Kier molecular flexibility index (Phi) is 7.66. The molecule has 6 nitrogen and oxygen atoms in total. The number of aliphatic hydroxyl groups is 3. The third-order valence-electron chi connectivity index (χ3n) is 5.28. The standard InChI is InChI=1S/C18H35NO5/c1-13-8-6-9-17(3,22)10-7-11-19(5)14(2)15(20)18(4,23)12-24-16(13)21/h13-15,20,22-23H,6-12H2,1-5H3/t13-,14-,15-,17?,18-/m1/s1. The molecule has 6 heteroatoms. The summed E-state index contributed by atoms with van der Waals surface area (Å²) in [6, 6.07) is -0.300. The fourth-order valence-corrected chi connectivity index (χ4v) is 3.15. The minimum absolute atomic E-state index is 0.229. The average molecular weight is 345 g/mol. The first-order valence-electron chi connectivity index (χ1n) is 8.96. The van der Waals surface area contributed by atoms with Crippen molar-refractivity contribution in [2.24, 2.45) is 5.92 Å². The minimum Gasteiger partial charge on any atom is -0.462 e. The average Bonchev–Trinajstić information content (AvgIpc) is 2.49. The molecule has 1 aliphatic heterocycles. The van der Waals surface area contributed by atoms with E-state index in [0.29, 0.717) is 25.8 Å². The number of likely N-dealkylation sites (N-methyl/N-ethyl adjacent to an activating group) is 1. The van der Waals surface area contributed by atoms with E-state index in [4.69, 9.17) is 4.74 Å². The van der Waals surface area contributed by atoms with Crippen molar-refractivity contribution in [3.63, 3.8) is 0 Å². The van der Waals surface area contributed by atoms with E-state index in [9.17, 15) is 20.1 Å². The van der Waals surface area contributed by atoms with Crippen molar-refractivity contribution in [2.75, 3.05) is 20.2 Å². The van der Waals surface area contributed by atoms with Crippen molar-refractivity contribution in [1.29, 1.82) is 0 Å². The van der Waals surface area contributed by atoms with E-state index in [2.05, 4.69) is 0 Å². The predicted molar refractivity (Wildman–Crippen MR) is 92.6 cm³/mol. The predicted octanol–water partition coefficient (Wildman–Crippen LogP) is 1.31. The highest BCUT2D eigenvalue weighted by atomic mass is 16.5. The second-order valence-corrected chi connectivity index (χ2v) is 8.02. The van der Waals surface area contributed by atoms with Gasteiger partial charge >= 0.3 is 5.97 Å². The van der Waals surface area contributed by atoms with Gasteiger partial charge in [0.25, 0.3) is 0 Å². The molecule has 0 saturated carbocycles. The third-order valence-corrected chi connectivity index (χ3v) is 5.28. The van der Waals surface area contributed by atoms with Gasteiger partial charge in [-0.1, -0.05) is 6.92 Å². The Balaban J connectivity index is 2.87. The van der Waals surface area contributed by atoms with E-state index in [1.165, 1.54) is 6.92 Å². The lowest BCUT2D eigenvalue weighted by molar-refractivity contribution is -0.166. The number of carbonyl (C=O) groups excluding carboxylic acids is 1. The summed E-state index contributed by atoms with van der Waals surface area (Å²) < 4.78 is 5.22. The van der Waals surface area contributed by atoms with Crippen LogP contribution < -0.4 is 0 Å². The van der Waals surface area contributed by atoms with Crippen molar-refractivity contribution in [3.05, 3.63) is 0 Å². The Morgan fingerprint density at radius 1 is 1.17 bits per heavy atom. The zero-order valence-corrected chi connectivity index (χ0v) is 15.8. The van der Waals surface area contributed by atoms with Gasteiger partial charge in [0.1, 0.15) is 18.3 Å². The SMILES string of the molecule is C[C@@H]1CCCC(C)(O)CCCN(C)[C@H](C)[C@@H](O)[C@](C)(O)COC1=O. The molecule has 5 atom stereocenters. The van der Waals surface area contributed by atoms with Crippen LogP contribution in [0.3, 0.4) is 0 Å². The van der Waals surface area contributed by atoms with Crippen LogP contribution >= 0.6 is 0 Å². The van der Waals surface area contributed by atoms with E-state index in [0.717, 1.165) is 12.8 Å². The fourth-order valence-electron chi connectivity index (χ4n) is 3.15. The number of hydrogen-bond donors (Lipinski definition) is 3. The molecule has 0 bridgehead atoms. The molecule has 1 aliphatic rings. The number of nitrogens with zero attached hydrogens (tertiary/aromatic N) is 1. The van der Waals surface area contributed by atoms with Gasteiger partial charge in [-0.25, -0.2) is 0 Å². The topological polar surface area (TPSA) is 90.2 Å². The number of carbonyl (C=O) groups is 1. The Hall–Kier alpha value is -0.690. The molecule has 0 aromatic carbocycles. The number of ether oxygens (including phenoxy) is 1. The highest BCUT2D eigenvalue weighted by Crippen LogP contribution is 2.24. The number of esters is 1. The van der Waals surface area contributed by atoms with Gasteiger partial charge in [0.2, 0.25) is 0 Å². The Labute approximate surface area is 145 Å². The first kappa shape index (κ1) is 21.4. The summed E-state index contributed by atoms with van der Waals surface area (Å²) in [6.45, 7) is 7.42. The van der Waals surface area contributed by atoms with Crippen LogP contribution in [0, 0.1) is 5.92 Å². The quantitative estimate of drug-likeness (QED) is 0.574. The summed E-state index contributed by atoms with van der Waals surface area (Å²) in [4.78, 5) is 14.0. The maximum absolute atomic E-state index is 12.1. The van der Waals surface area contributed by atoms with Crippen molar-refractivity contribution in [2.45, 2.75) is 83.1 Å². The molecule has 3 N–H and O–H groups in total. The van der Waals surface area contributed by atoms with Crippen molar-refractivity contribution < 1.29 is 24.9 Å². The molecule has 0 aromatic heterocycles. The lowest BCUT2D eigenvalue weighted by Gasteiger charge is -2.37. The largest absolute Gasteiger partial charge is 0.462 e. The molecule has 1 unspecified atom stereocenters. The van der Waals surface area contributed by atoms with Crippen LogP contribution in [0.5, 0.6) is 0 Å². The molecule has 1 saturated heterocycles.